The van der Waals surface area contributed by atoms with Crippen molar-refractivity contribution in [2.24, 2.45) is 0 Å². The Kier molecular flexibility index (Phi) is 3.38. The largest absolute Gasteiger partial charge is 0.496 e. The number of ether oxygens (including phenoxy) is 1. The number of rotatable bonds is 3. The Morgan fingerprint density at radius 2 is 2.18 bits per heavy atom. The van der Waals surface area contributed by atoms with E-state index >= 15 is 0 Å². The highest BCUT2D eigenvalue weighted by Gasteiger charge is 2.14. The van der Waals surface area contributed by atoms with Gasteiger partial charge in [-0.3, -0.25) is 0 Å². The van der Waals surface area contributed by atoms with Crippen LogP contribution in [0.2, 0.25) is 0 Å². The van der Waals surface area contributed by atoms with Crippen molar-refractivity contribution < 1.29 is 9.15 Å². The average molecular weight is 252 g/mol. The van der Waals surface area contributed by atoms with Crippen molar-refractivity contribution in [2.45, 2.75) is 19.2 Å². The van der Waals surface area contributed by atoms with Gasteiger partial charge < -0.3 is 9.15 Å². The summed E-state index contributed by atoms with van der Waals surface area (Å²) in [6.07, 6.45) is 1.67. The number of alkyl halides is 1. The molecule has 1 aromatic heterocycles. The van der Waals surface area contributed by atoms with Gasteiger partial charge in [-0.1, -0.05) is 11.6 Å². The van der Waals surface area contributed by atoms with Crippen molar-refractivity contribution in [3.8, 4) is 17.1 Å². The van der Waals surface area contributed by atoms with Crippen LogP contribution in [0.1, 0.15) is 23.8 Å². The first-order valence-corrected chi connectivity index (χ1v) is 5.80. The van der Waals surface area contributed by atoms with Crippen molar-refractivity contribution in [1.82, 2.24) is 4.98 Å². The van der Waals surface area contributed by atoms with Gasteiger partial charge in [-0.25, -0.2) is 4.98 Å². The molecule has 0 aliphatic rings. The maximum absolute atomic E-state index is 5.92. The lowest BCUT2D eigenvalue weighted by Gasteiger charge is -2.06. The number of benzene rings is 1. The molecule has 0 N–H and O–H groups in total. The first-order chi connectivity index (χ1) is 8.11. The number of hydrogen-bond donors (Lipinski definition) is 0. The molecule has 0 spiro atoms. The molecule has 0 bridgehead atoms. The fourth-order valence-corrected chi connectivity index (χ4v) is 1.71. The minimum absolute atomic E-state index is 0.237. The lowest BCUT2D eigenvalue weighted by Crippen LogP contribution is -1.87. The van der Waals surface area contributed by atoms with Crippen molar-refractivity contribution in [3.05, 3.63) is 35.9 Å². The van der Waals surface area contributed by atoms with Crippen molar-refractivity contribution in [1.29, 1.82) is 0 Å². The van der Waals surface area contributed by atoms with Gasteiger partial charge >= 0.3 is 0 Å². The Balaban J connectivity index is 2.47. The topological polar surface area (TPSA) is 35.3 Å². The van der Waals surface area contributed by atoms with Gasteiger partial charge in [0, 0.05) is 0 Å². The Bertz CT molecular complexity index is 520. The van der Waals surface area contributed by atoms with Crippen molar-refractivity contribution >= 4 is 11.6 Å². The third kappa shape index (κ3) is 2.44. The van der Waals surface area contributed by atoms with E-state index in [1.807, 2.05) is 32.0 Å². The van der Waals surface area contributed by atoms with Crippen LogP contribution in [0.15, 0.2) is 28.8 Å². The Hall–Kier alpha value is -1.48. The van der Waals surface area contributed by atoms with Crippen LogP contribution in [0.25, 0.3) is 11.3 Å². The van der Waals surface area contributed by atoms with E-state index in [0.717, 1.165) is 16.9 Å². The minimum Gasteiger partial charge on any atom is -0.496 e. The maximum Gasteiger partial charge on any atom is 0.212 e. The van der Waals surface area contributed by atoms with Crippen LogP contribution < -0.4 is 4.74 Å². The molecule has 90 valence electrons. The molecule has 1 unspecified atom stereocenters. The Labute approximate surface area is 105 Å². The molecule has 2 aromatic rings. The number of nitrogens with zero attached hydrogens (tertiary/aromatic N) is 1. The summed E-state index contributed by atoms with van der Waals surface area (Å²) < 4.78 is 10.9. The highest BCUT2D eigenvalue weighted by Crippen LogP contribution is 2.32. The number of aromatic nitrogens is 1. The van der Waals surface area contributed by atoms with E-state index in [2.05, 4.69) is 4.98 Å². The summed E-state index contributed by atoms with van der Waals surface area (Å²) in [6.45, 7) is 3.84. The second-order valence-corrected chi connectivity index (χ2v) is 4.54. The molecule has 0 aliphatic heterocycles. The molecule has 2 rings (SSSR count). The van der Waals surface area contributed by atoms with Crippen molar-refractivity contribution in [3.63, 3.8) is 0 Å². The lowest BCUT2D eigenvalue weighted by molar-refractivity contribution is 0.413. The van der Waals surface area contributed by atoms with E-state index in [1.54, 1.807) is 13.3 Å². The number of halogens is 1. The van der Waals surface area contributed by atoms with Gasteiger partial charge in [-0.2, -0.15) is 0 Å². The molecule has 0 fully saturated rings. The Morgan fingerprint density at radius 1 is 1.41 bits per heavy atom. The molecule has 0 radical (unpaired) electrons. The molecule has 3 nitrogen and oxygen atoms in total. The van der Waals surface area contributed by atoms with Gasteiger partial charge in [0.2, 0.25) is 5.89 Å². The van der Waals surface area contributed by atoms with Gasteiger partial charge in [0.05, 0.1) is 18.9 Å². The third-order valence-corrected chi connectivity index (χ3v) is 2.67. The van der Waals surface area contributed by atoms with Gasteiger partial charge in [0.25, 0.3) is 0 Å². The smallest absolute Gasteiger partial charge is 0.212 e. The quantitative estimate of drug-likeness (QED) is 0.775. The lowest BCUT2D eigenvalue weighted by atomic mass is 10.1. The second-order valence-electron chi connectivity index (χ2n) is 3.88. The first kappa shape index (κ1) is 12.0. The number of methoxy groups -OCH3 is 1. The third-order valence-electron chi connectivity index (χ3n) is 2.48. The van der Waals surface area contributed by atoms with Gasteiger partial charge in [0.15, 0.2) is 5.76 Å². The molecule has 0 saturated heterocycles. The minimum atomic E-state index is -0.237. The van der Waals surface area contributed by atoms with Crippen LogP contribution in [0, 0.1) is 6.92 Å². The molecule has 0 aliphatic carbocycles. The highest BCUT2D eigenvalue weighted by molar-refractivity contribution is 6.20. The van der Waals surface area contributed by atoms with Crippen LogP contribution in [0.4, 0.5) is 0 Å². The second kappa shape index (κ2) is 4.80. The van der Waals surface area contributed by atoms with E-state index in [-0.39, 0.29) is 5.38 Å². The van der Waals surface area contributed by atoms with Crippen LogP contribution in [0.3, 0.4) is 0 Å². The summed E-state index contributed by atoms with van der Waals surface area (Å²) in [7, 11) is 1.63. The van der Waals surface area contributed by atoms with E-state index < -0.39 is 0 Å². The molecular weight excluding hydrogens is 238 g/mol. The van der Waals surface area contributed by atoms with E-state index in [9.17, 15) is 0 Å². The van der Waals surface area contributed by atoms with Crippen LogP contribution in [-0.2, 0) is 0 Å². The summed E-state index contributed by atoms with van der Waals surface area (Å²) >= 11 is 5.92. The van der Waals surface area contributed by atoms with Gasteiger partial charge in [0.1, 0.15) is 11.1 Å². The SMILES string of the molecule is COc1ccc(C)cc1-c1cnc(C(C)Cl)o1. The van der Waals surface area contributed by atoms with Crippen molar-refractivity contribution in [2.75, 3.05) is 7.11 Å². The number of aryl methyl sites for hydroxylation is 1. The summed E-state index contributed by atoms with van der Waals surface area (Å²) in [5.41, 5.74) is 2.03. The predicted octanol–water partition coefficient (Wildman–Crippen LogP) is 3.96. The molecule has 1 heterocycles. The van der Waals surface area contributed by atoms with E-state index in [4.69, 9.17) is 20.8 Å². The predicted molar refractivity (Wildman–Crippen MR) is 67.5 cm³/mol. The highest BCUT2D eigenvalue weighted by atomic mass is 35.5. The summed E-state index contributed by atoms with van der Waals surface area (Å²) in [4.78, 5) is 4.14. The van der Waals surface area contributed by atoms with E-state index in [1.165, 1.54) is 0 Å². The van der Waals surface area contributed by atoms with Gasteiger partial charge in [-0.15, -0.1) is 11.6 Å². The first-order valence-electron chi connectivity index (χ1n) is 5.36. The standard InChI is InChI=1S/C13H14ClNO2/c1-8-4-5-11(16-3)10(6-8)12-7-15-13(17-12)9(2)14/h4-7,9H,1-3H3. The van der Waals surface area contributed by atoms with Gasteiger partial charge in [-0.05, 0) is 26.0 Å². The van der Waals surface area contributed by atoms with Crippen LogP contribution in [-0.4, -0.2) is 12.1 Å². The molecule has 1 aromatic carbocycles. The zero-order valence-electron chi connectivity index (χ0n) is 10.0. The normalized spacial score (nSPS) is 12.5. The molecule has 4 heteroatoms. The zero-order chi connectivity index (χ0) is 12.4. The fraction of sp³-hybridized carbons (Fsp3) is 0.308. The summed E-state index contributed by atoms with van der Waals surface area (Å²) in [5.74, 6) is 1.96. The molecule has 17 heavy (non-hydrogen) atoms. The average Bonchev–Trinajstić information content (AvgIpc) is 2.78. The fourth-order valence-electron chi connectivity index (χ4n) is 1.61. The summed E-state index contributed by atoms with van der Waals surface area (Å²) in [6, 6.07) is 5.91. The Morgan fingerprint density at radius 3 is 2.76 bits per heavy atom. The monoisotopic (exact) mass is 251 g/mol. The molecule has 0 saturated carbocycles. The molecule has 1 atom stereocenters. The zero-order valence-corrected chi connectivity index (χ0v) is 10.8. The number of hydrogen-bond acceptors (Lipinski definition) is 3. The number of oxazole rings is 1. The maximum atomic E-state index is 5.92. The van der Waals surface area contributed by atoms with Crippen LogP contribution in [0.5, 0.6) is 5.75 Å². The molecular formula is C13H14ClNO2. The van der Waals surface area contributed by atoms with Crippen LogP contribution >= 0.6 is 11.6 Å². The molecule has 0 amide bonds. The summed E-state index contributed by atoms with van der Waals surface area (Å²) in [5, 5.41) is -0.237. The van der Waals surface area contributed by atoms with E-state index in [0.29, 0.717) is 11.7 Å².